The lowest BCUT2D eigenvalue weighted by molar-refractivity contribution is -0.120. The zero-order valence-electron chi connectivity index (χ0n) is 8.91. The maximum absolute atomic E-state index is 12.5. The molecule has 3 nitrogen and oxygen atoms in total. The minimum atomic E-state index is -4.27. The average molecular weight is 241 g/mol. The molecule has 0 aliphatic heterocycles. The van der Waals surface area contributed by atoms with Crippen LogP contribution in [0.4, 0.5) is 18.9 Å². The first kappa shape index (κ1) is 11.7. The van der Waals surface area contributed by atoms with Crippen LogP contribution in [0.15, 0.2) is 18.3 Å². The van der Waals surface area contributed by atoms with E-state index in [-0.39, 0.29) is 17.4 Å². The van der Waals surface area contributed by atoms with E-state index in [1.807, 2.05) is 6.07 Å². The second-order valence-electron chi connectivity index (χ2n) is 3.96. The van der Waals surface area contributed by atoms with Crippen molar-refractivity contribution in [2.24, 2.45) is 0 Å². The Morgan fingerprint density at radius 3 is 2.71 bits per heavy atom. The van der Waals surface area contributed by atoms with Gasteiger partial charge in [-0.3, -0.25) is 0 Å². The van der Waals surface area contributed by atoms with Gasteiger partial charge in [0.25, 0.3) is 0 Å². The molecule has 1 aromatic heterocycles. The molecule has 0 amide bonds. The van der Waals surface area contributed by atoms with Gasteiger partial charge in [0.05, 0.1) is 5.69 Å². The van der Waals surface area contributed by atoms with Gasteiger partial charge in [-0.25, -0.2) is 4.98 Å². The van der Waals surface area contributed by atoms with Crippen molar-refractivity contribution in [1.29, 1.82) is 5.26 Å². The summed E-state index contributed by atoms with van der Waals surface area (Å²) < 4.78 is 37.4. The zero-order chi connectivity index (χ0) is 12.5. The van der Waals surface area contributed by atoms with Gasteiger partial charge in [-0.2, -0.15) is 18.4 Å². The molecule has 1 aliphatic carbocycles. The second kappa shape index (κ2) is 4.24. The van der Waals surface area contributed by atoms with E-state index < -0.39 is 12.7 Å². The molecule has 1 aliphatic rings. The van der Waals surface area contributed by atoms with Crippen LogP contribution in [0.5, 0.6) is 0 Å². The van der Waals surface area contributed by atoms with Gasteiger partial charge in [0.15, 0.2) is 5.69 Å². The molecule has 17 heavy (non-hydrogen) atoms. The molecule has 6 heteroatoms. The lowest BCUT2D eigenvalue weighted by Crippen LogP contribution is -2.36. The summed E-state index contributed by atoms with van der Waals surface area (Å²) in [6.07, 6.45) is -1.41. The van der Waals surface area contributed by atoms with E-state index in [0.29, 0.717) is 0 Å². The van der Waals surface area contributed by atoms with Crippen LogP contribution in [0, 0.1) is 11.3 Å². The van der Waals surface area contributed by atoms with Gasteiger partial charge >= 0.3 is 6.18 Å². The molecule has 0 radical (unpaired) electrons. The number of hydrogen-bond donors (Lipinski definition) is 0. The number of pyridine rings is 1. The highest BCUT2D eigenvalue weighted by atomic mass is 19.4. The van der Waals surface area contributed by atoms with Gasteiger partial charge in [0.1, 0.15) is 12.6 Å². The molecule has 0 saturated heterocycles. The second-order valence-corrected chi connectivity index (χ2v) is 3.96. The molecular weight excluding hydrogens is 231 g/mol. The Labute approximate surface area is 96.5 Å². The van der Waals surface area contributed by atoms with Gasteiger partial charge in [-0.1, -0.05) is 0 Å². The molecule has 90 valence electrons. The third-order valence-corrected chi connectivity index (χ3v) is 2.54. The standard InChI is InChI=1S/C11H10F3N3/c12-11(13,14)7-17(8-3-4-8)10-2-1-5-16-9(10)6-15/h1-2,5,8H,3-4,7H2. The lowest BCUT2D eigenvalue weighted by atomic mass is 10.2. The van der Waals surface area contributed by atoms with E-state index in [9.17, 15) is 13.2 Å². The fourth-order valence-electron chi connectivity index (χ4n) is 1.71. The highest BCUT2D eigenvalue weighted by molar-refractivity contribution is 5.57. The van der Waals surface area contributed by atoms with Crippen molar-refractivity contribution in [3.05, 3.63) is 24.0 Å². The molecule has 0 spiro atoms. The molecule has 0 N–H and O–H groups in total. The Morgan fingerprint density at radius 2 is 2.18 bits per heavy atom. The quantitative estimate of drug-likeness (QED) is 0.816. The van der Waals surface area contributed by atoms with Crippen LogP contribution >= 0.6 is 0 Å². The normalized spacial score (nSPS) is 15.4. The molecule has 1 aromatic rings. The lowest BCUT2D eigenvalue weighted by Gasteiger charge is -2.26. The molecule has 1 saturated carbocycles. The number of halogens is 3. The third kappa shape index (κ3) is 2.87. The number of nitrogens with zero attached hydrogens (tertiary/aromatic N) is 3. The van der Waals surface area contributed by atoms with Crippen LogP contribution in [-0.4, -0.2) is 23.7 Å². The fourth-order valence-corrected chi connectivity index (χ4v) is 1.71. The molecular formula is C11H10F3N3. The Balaban J connectivity index is 2.30. The first-order valence-electron chi connectivity index (χ1n) is 5.20. The fraction of sp³-hybridized carbons (Fsp3) is 0.455. The van der Waals surface area contributed by atoms with Crippen molar-refractivity contribution in [3.63, 3.8) is 0 Å². The number of rotatable bonds is 3. The number of anilines is 1. The maximum Gasteiger partial charge on any atom is 0.405 e. The van der Waals surface area contributed by atoms with Crippen molar-refractivity contribution in [3.8, 4) is 6.07 Å². The topological polar surface area (TPSA) is 39.9 Å². The van der Waals surface area contributed by atoms with Gasteiger partial charge in [0, 0.05) is 12.2 Å². The first-order chi connectivity index (χ1) is 8.01. The van der Waals surface area contributed by atoms with Crippen molar-refractivity contribution >= 4 is 5.69 Å². The van der Waals surface area contributed by atoms with Crippen molar-refractivity contribution < 1.29 is 13.2 Å². The van der Waals surface area contributed by atoms with E-state index in [1.165, 1.54) is 17.2 Å². The number of nitriles is 1. The van der Waals surface area contributed by atoms with E-state index in [4.69, 9.17) is 5.26 Å². The minimum Gasteiger partial charge on any atom is -0.357 e. The summed E-state index contributed by atoms with van der Waals surface area (Å²) in [6.45, 7) is -1.03. The van der Waals surface area contributed by atoms with Crippen LogP contribution in [0.25, 0.3) is 0 Å². The van der Waals surface area contributed by atoms with E-state index in [1.54, 1.807) is 6.07 Å². The van der Waals surface area contributed by atoms with Crippen molar-refractivity contribution in [2.75, 3.05) is 11.4 Å². The molecule has 0 unspecified atom stereocenters. The molecule has 1 fully saturated rings. The number of hydrogen-bond acceptors (Lipinski definition) is 3. The summed E-state index contributed by atoms with van der Waals surface area (Å²) >= 11 is 0. The van der Waals surface area contributed by atoms with Crippen LogP contribution in [0.3, 0.4) is 0 Å². The molecule has 1 heterocycles. The largest absolute Gasteiger partial charge is 0.405 e. The Kier molecular flexibility index (Phi) is 2.92. The summed E-state index contributed by atoms with van der Waals surface area (Å²) in [5, 5.41) is 8.85. The predicted octanol–water partition coefficient (Wildman–Crippen LogP) is 2.48. The number of alkyl halides is 3. The first-order valence-corrected chi connectivity index (χ1v) is 5.20. The summed E-state index contributed by atoms with van der Waals surface area (Å²) in [7, 11) is 0. The van der Waals surface area contributed by atoms with Crippen LogP contribution in [0.2, 0.25) is 0 Å². The molecule has 0 atom stereocenters. The summed E-state index contributed by atoms with van der Waals surface area (Å²) in [6, 6.07) is 4.76. The third-order valence-electron chi connectivity index (χ3n) is 2.54. The summed E-state index contributed by atoms with van der Waals surface area (Å²) in [5.41, 5.74) is 0.318. The van der Waals surface area contributed by atoms with Gasteiger partial charge in [-0.05, 0) is 25.0 Å². The highest BCUT2D eigenvalue weighted by Gasteiger charge is 2.39. The molecule has 0 bridgehead atoms. The SMILES string of the molecule is N#Cc1ncccc1N(CC(F)(F)F)C1CC1. The smallest absolute Gasteiger partial charge is 0.357 e. The predicted molar refractivity (Wildman–Crippen MR) is 55.4 cm³/mol. The van der Waals surface area contributed by atoms with Crippen LogP contribution in [0.1, 0.15) is 18.5 Å². The van der Waals surface area contributed by atoms with Crippen molar-refractivity contribution in [1.82, 2.24) is 4.98 Å². The summed E-state index contributed by atoms with van der Waals surface area (Å²) in [5.74, 6) is 0. The van der Waals surface area contributed by atoms with Crippen molar-refractivity contribution in [2.45, 2.75) is 25.1 Å². The monoisotopic (exact) mass is 241 g/mol. The van der Waals surface area contributed by atoms with Gasteiger partial charge in [0.2, 0.25) is 0 Å². The van der Waals surface area contributed by atoms with Gasteiger partial charge < -0.3 is 4.90 Å². The average Bonchev–Trinajstić information content (AvgIpc) is 3.08. The summed E-state index contributed by atoms with van der Waals surface area (Å²) in [4.78, 5) is 5.02. The van der Waals surface area contributed by atoms with Crippen LogP contribution in [-0.2, 0) is 0 Å². The van der Waals surface area contributed by atoms with E-state index in [0.717, 1.165) is 12.8 Å². The Hall–Kier alpha value is -1.77. The van der Waals surface area contributed by atoms with Gasteiger partial charge in [-0.15, -0.1) is 0 Å². The minimum absolute atomic E-state index is 0.0450. The van der Waals surface area contributed by atoms with E-state index >= 15 is 0 Å². The number of aromatic nitrogens is 1. The maximum atomic E-state index is 12.5. The molecule has 0 aromatic carbocycles. The molecule has 2 rings (SSSR count). The highest BCUT2D eigenvalue weighted by Crippen LogP contribution is 2.35. The Morgan fingerprint density at radius 1 is 1.47 bits per heavy atom. The Bertz CT molecular complexity index is 446. The zero-order valence-corrected chi connectivity index (χ0v) is 8.91. The van der Waals surface area contributed by atoms with E-state index in [2.05, 4.69) is 4.98 Å². The van der Waals surface area contributed by atoms with Crippen LogP contribution < -0.4 is 4.90 Å².